The molecule has 1 aromatic heterocycles. The van der Waals surface area contributed by atoms with Gasteiger partial charge < -0.3 is 10.2 Å². The minimum atomic E-state index is -4.63. The van der Waals surface area contributed by atoms with E-state index in [0.29, 0.717) is 0 Å². The van der Waals surface area contributed by atoms with Crippen molar-refractivity contribution in [2.75, 3.05) is 16.8 Å². The lowest BCUT2D eigenvalue weighted by atomic mass is 10.0. The van der Waals surface area contributed by atoms with Crippen LogP contribution in [-0.4, -0.2) is 40.5 Å². The minimum Gasteiger partial charge on any atom is -0.324 e. The van der Waals surface area contributed by atoms with Crippen molar-refractivity contribution < 1.29 is 35.9 Å². The molecule has 0 saturated carbocycles. The molecule has 6 nitrogen and oxygen atoms in total. The molecule has 184 valence electrons. The number of amides is 3. The number of pyridine rings is 1. The van der Waals surface area contributed by atoms with Crippen LogP contribution in [0.25, 0.3) is 0 Å². The predicted molar refractivity (Wildman–Crippen MR) is 112 cm³/mol. The summed E-state index contributed by atoms with van der Waals surface area (Å²) < 4.78 is 77.3. The number of urea groups is 1. The van der Waals surface area contributed by atoms with Crippen molar-refractivity contribution in [2.24, 2.45) is 5.92 Å². The van der Waals surface area contributed by atoms with E-state index >= 15 is 0 Å². The van der Waals surface area contributed by atoms with Crippen molar-refractivity contribution >= 4 is 23.3 Å². The molecule has 12 heteroatoms. The SMILES string of the molecule is CC(C)[C@H]1CN(c2ccc(C(F)(F)F)nc2)C(=O)N1C(C)C(=O)Nc1cccc(C(F)(F)F)c1. The summed E-state index contributed by atoms with van der Waals surface area (Å²) in [5, 5.41) is 2.40. The van der Waals surface area contributed by atoms with E-state index in [-0.39, 0.29) is 23.8 Å². The van der Waals surface area contributed by atoms with Gasteiger partial charge in [-0.3, -0.25) is 9.69 Å². The fourth-order valence-electron chi connectivity index (χ4n) is 3.69. The normalized spacial score (nSPS) is 17.9. The number of aromatic nitrogens is 1. The maximum atomic E-state index is 13.2. The third kappa shape index (κ3) is 5.26. The Morgan fingerprint density at radius 2 is 1.74 bits per heavy atom. The van der Waals surface area contributed by atoms with Gasteiger partial charge >= 0.3 is 18.4 Å². The zero-order valence-electron chi connectivity index (χ0n) is 18.4. The molecule has 2 aromatic rings. The number of rotatable bonds is 5. The van der Waals surface area contributed by atoms with Crippen molar-refractivity contribution in [3.8, 4) is 0 Å². The smallest absolute Gasteiger partial charge is 0.324 e. The van der Waals surface area contributed by atoms with Crippen LogP contribution in [0.1, 0.15) is 32.0 Å². The van der Waals surface area contributed by atoms with Crippen LogP contribution < -0.4 is 10.2 Å². The molecule has 1 aliphatic heterocycles. The summed E-state index contributed by atoms with van der Waals surface area (Å²) in [5.74, 6) is -0.828. The fraction of sp³-hybridized carbons (Fsp3) is 0.409. The van der Waals surface area contributed by atoms with Gasteiger partial charge in [0.05, 0.1) is 23.5 Å². The Bertz CT molecular complexity index is 1050. The molecule has 1 unspecified atom stereocenters. The average Bonchev–Trinajstić information content (AvgIpc) is 3.09. The topological polar surface area (TPSA) is 65.5 Å². The van der Waals surface area contributed by atoms with Gasteiger partial charge in [-0.05, 0) is 43.2 Å². The van der Waals surface area contributed by atoms with E-state index in [1.165, 1.54) is 22.8 Å². The number of hydrogen-bond acceptors (Lipinski definition) is 3. The molecule has 1 fully saturated rings. The minimum absolute atomic E-state index is 0.0804. The summed E-state index contributed by atoms with van der Waals surface area (Å²) in [5.41, 5.74) is -1.98. The molecule has 2 atom stereocenters. The van der Waals surface area contributed by atoms with Crippen molar-refractivity contribution in [3.63, 3.8) is 0 Å². The predicted octanol–water partition coefficient (Wildman–Crippen LogP) is 5.41. The number of anilines is 2. The second-order valence-corrected chi connectivity index (χ2v) is 8.25. The Morgan fingerprint density at radius 3 is 2.26 bits per heavy atom. The van der Waals surface area contributed by atoms with E-state index in [1.807, 2.05) is 13.8 Å². The first-order valence-corrected chi connectivity index (χ1v) is 10.3. The summed E-state index contributed by atoms with van der Waals surface area (Å²) in [6, 6.07) is 3.84. The van der Waals surface area contributed by atoms with Gasteiger partial charge in [-0.2, -0.15) is 26.3 Å². The second-order valence-electron chi connectivity index (χ2n) is 8.25. The fourth-order valence-corrected chi connectivity index (χ4v) is 3.69. The number of benzene rings is 1. The van der Waals surface area contributed by atoms with Gasteiger partial charge in [0, 0.05) is 12.2 Å². The first kappa shape index (κ1) is 25.3. The number of carbonyl (C=O) groups is 2. The first-order valence-electron chi connectivity index (χ1n) is 10.3. The molecule has 0 bridgehead atoms. The summed E-state index contributed by atoms with van der Waals surface area (Å²) in [4.78, 5) is 31.9. The van der Waals surface area contributed by atoms with E-state index < -0.39 is 47.6 Å². The van der Waals surface area contributed by atoms with Crippen LogP contribution >= 0.6 is 0 Å². The quantitative estimate of drug-likeness (QED) is 0.573. The van der Waals surface area contributed by atoms with Gasteiger partial charge in [0.25, 0.3) is 0 Å². The summed E-state index contributed by atoms with van der Waals surface area (Å²) in [6.45, 7) is 5.17. The number of nitrogens with zero attached hydrogens (tertiary/aromatic N) is 3. The molecule has 0 spiro atoms. The van der Waals surface area contributed by atoms with E-state index in [4.69, 9.17) is 0 Å². The summed E-state index contributed by atoms with van der Waals surface area (Å²) in [6.07, 6.45) is -8.28. The molecule has 1 aliphatic rings. The van der Waals surface area contributed by atoms with Crippen molar-refractivity contribution in [3.05, 3.63) is 53.9 Å². The molecular formula is C22H22F6N4O2. The second kappa shape index (κ2) is 9.15. The van der Waals surface area contributed by atoms with E-state index in [0.717, 1.165) is 36.5 Å². The summed E-state index contributed by atoms with van der Waals surface area (Å²) >= 11 is 0. The Hall–Kier alpha value is -3.31. The molecule has 3 rings (SSSR count). The molecule has 34 heavy (non-hydrogen) atoms. The largest absolute Gasteiger partial charge is 0.433 e. The Morgan fingerprint density at radius 1 is 1.06 bits per heavy atom. The Kier molecular flexibility index (Phi) is 6.81. The molecule has 2 heterocycles. The summed E-state index contributed by atoms with van der Waals surface area (Å²) in [7, 11) is 0. The number of carbonyl (C=O) groups excluding carboxylic acids is 2. The Balaban J connectivity index is 1.81. The lowest BCUT2D eigenvalue weighted by Crippen LogP contribution is -2.49. The molecule has 3 amide bonds. The molecular weight excluding hydrogens is 466 g/mol. The van der Waals surface area contributed by atoms with E-state index in [9.17, 15) is 35.9 Å². The van der Waals surface area contributed by atoms with Crippen molar-refractivity contribution in [2.45, 2.75) is 45.2 Å². The van der Waals surface area contributed by atoms with E-state index in [2.05, 4.69) is 10.3 Å². The number of hydrogen-bond donors (Lipinski definition) is 1. The van der Waals surface area contributed by atoms with Crippen LogP contribution in [-0.2, 0) is 17.1 Å². The standard InChI is InChI=1S/C22H22F6N4O2/c1-12(2)17-11-31(16-7-8-18(29-10-16)22(26,27)28)20(34)32(17)13(3)19(33)30-15-6-4-5-14(9-15)21(23,24)25/h4-10,12-13,17H,11H2,1-3H3,(H,30,33)/t13?,17-/m1/s1. The van der Waals surface area contributed by atoms with Crippen LogP contribution in [0, 0.1) is 5.92 Å². The maximum Gasteiger partial charge on any atom is 0.433 e. The highest BCUT2D eigenvalue weighted by Crippen LogP contribution is 2.33. The van der Waals surface area contributed by atoms with Gasteiger partial charge in [-0.25, -0.2) is 9.78 Å². The van der Waals surface area contributed by atoms with E-state index in [1.54, 1.807) is 0 Å². The van der Waals surface area contributed by atoms with Crippen LogP contribution in [0.5, 0.6) is 0 Å². The molecule has 0 radical (unpaired) electrons. The van der Waals surface area contributed by atoms with Gasteiger partial charge in [0.2, 0.25) is 5.91 Å². The number of halogens is 6. The average molecular weight is 488 g/mol. The third-order valence-corrected chi connectivity index (χ3v) is 5.55. The zero-order chi connectivity index (χ0) is 25.4. The Labute approximate surface area is 191 Å². The van der Waals surface area contributed by atoms with Crippen LogP contribution in [0.15, 0.2) is 42.6 Å². The van der Waals surface area contributed by atoms with Crippen molar-refractivity contribution in [1.29, 1.82) is 0 Å². The molecule has 0 aliphatic carbocycles. The van der Waals surface area contributed by atoms with Crippen LogP contribution in [0.4, 0.5) is 42.5 Å². The highest BCUT2D eigenvalue weighted by Gasteiger charge is 2.44. The first-order chi connectivity index (χ1) is 15.7. The lowest BCUT2D eigenvalue weighted by Gasteiger charge is -2.31. The van der Waals surface area contributed by atoms with Gasteiger partial charge in [-0.1, -0.05) is 19.9 Å². The maximum absolute atomic E-state index is 13.2. The third-order valence-electron chi connectivity index (χ3n) is 5.55. The highest BCUT2D eigenvalue weighted by atomic mass is 19.4. The van der Waals surface area contributed by atoms with Gasteiger partial charge in [0.15, 0.2) is 0 Å². The van der Waals surface area contributed by atoms with Crippen molar-refractivity contribution in [1.82, 2.24) is 9.88 Å². The number of nitrogens with one attached hydrogen (secondary N) is 1. The monoisotopic (exact) mass is 488 g/mol. The molecule has 1 saturated heterocycles. The van der Waals surface area contributed by atoms with Crippen LogP contribution in [0.3, 0.4) is 0 Å². The molecule has 1 N–H and O–H groups in total. The van der Waals surface area contributed by atoms with Gasteiger partial charge in [0.1, 0.15) is 11.7 Å². The lowest BCUT2D eigenvalue weighted by molar-refractivity contribution is -0.141. The highest BCUT2D eigenvalue weighted by molar-refractivity contribution is 6.01. The van der Waals surface area contributed by atoms with Gasteiger partial charge in [-0.15, -0.1) is 0 Å². The number of alkyl halides is 6. The van der Waals surface area contributed by atoms with Crippen LogP contribution in [0.2, 0.25) is 0 Å². The zero-order valence-corrected chi connectivity index (χ0v) is 18.4. The molecule has 1 aromatic carbocycles.